The molecular weight excluding hydrogens is 670 g/mol. The first-order valence-electron chi connectivity index (χ1n) is 17.6. The second kappa shape index (κ2) is 14.7. The van der Waals surface area contributed by atoms with Gasteiger partial charge < -0.3 is 24.0 Å². The number of carbonyl (C=O) groups is 2. The van der Waals surface area contributed by atoms with E-state index in [1.165, 1.54) is 0 Å². The Morgan fingerprint density at radius 1 is 0.980 bits per heavy atom. The Labute approximate surface area is 302 Å². The van der Waals surface area contributed by atoms with Gasteiger partial charge in [0.15, 0.2) is 8.32 Å². The van der Waals surface area contributed by atoms with E-state index in [1.54, 1.807) is 13.2 Å². The fourth-order valence-electron chi connectivity index (χ4n) is 6.93. The SMILES string of the molecule is COc1cc(NC(=O)CCCc2ccc(NC(=O)O[C@@H]3C[C@@H]4[C@H]5O[C@H]5[C@H](C3)N4C)c(-c3ccccc3)c2)c(Cl)cc1CO[Si](C)(C)C(C)(C)C. The molecule has 268 valence electrons. The molecule has 0 aliphatic carbocycles. The van der Waals surface area contributed by atoms with Crippen LogP contribution in [0.2, 0.25) is 23.2 Å². The molecule has 9 nitrogen and oxygen atoms in total. The van der Waals surface area contributed by atoms with Crippen molar-refractivity contribution in [3.63, 3.8) is 0 Å². The summed E-state index contributed by atoms with van der Waals surface area (Å²) in [7, 11) is 1.78. The quantitative estimate of drug-likeness (QED) is 0.143. The number of halogens is 1. The monoisotopic (exact) mass is 719 g/mol. The highest BCUT2D eigenvalue weighted by Gasteiger charge is 2.62. The Hall–Kier alpha value is -3.41. The molecule has 2 N–H and O–H groups in total. The lowest BCUT2D eigenvalue weighted by molar-refractivity contribution is -0.116. The number of amides is 2. The van der Waals surface area contributed by atoms with E-state index in [-0.39, 0.29) is 29.3 Å². The molecule has 0 unspecified atom stereocenters. The van der Waals surface area contributed by atoms with E-state index >= 15 is 0 Å². The van der Waals surface area contributed by atoms with Crippen LogP contribution in [0.3, 0.4) is 0 Å². The maximum Gasteiger partial charge on any atom is 0.411 e. The van der Waals surface area contributed by atoms with E-state index < -0.39 is 14.4 Å². The predicted octanol–water partition coefficient (Wildman–Crippen LogP) is 8.66. The summed E-state index contributed by atoms with van der Waals surface area (Å²) >= 11 is 6.62. The van der Waals surface area contributed by atoms with Crippen molar-refractivity contribution < 1.29 is 28.2 Å². The number of hydrogen-bond donors (Lipinski definition) is 2. The molecule has 2 bridgehead atoms. The number of piperidine rings is 1. The summed E-state index contributed by atoms with van der Waals surface area (Å²) < 4.78 is 23.7. The summed E-state index contributed by atoms with van der Waals surface area (Å²) in [5.74, 6) is 0.494. The average Bonchev–Trinajstić information content (AvgIpc) is 3.84. The van der Waals surface area contributed by atoms with Crippen molar-refractivity contribution in [1.82, 2.24) is 4.90 Å². The highest BCUT2D eigenvalue weighted by atomic mass is 35.5. The molecule has 3 heterocycles. The second-order valence-corrected chi connectivity index (χ2v) is 20.5. The molecule has 3 saturated heterocycles. The molecule has 50 heavy (non-hydrogen) atoms. The summed E-state index contributed by atoms with van der Waals surface area (Å²) in [5, 5.41) is 6.49. The van der Waals surface area contributed by atoms with Crippen LogP contribution in [0.25, 0.3) is 11.1 Å². The Bertz CT molecular complexity index is 1700. The van der Waals surface area contributed by atoms with Crippen LogP contribution in [0, 0.1) is 0 Å². The largest absolute Gasteiger partial charge is 0.496 e. The smallest absolute Gasteiger partial charge is 0.411 e. The van der Waals surface area contributed by atoms with Crippen LogP contribution < -0.4 is 15.4 Å². The van der Waals surface area contributed by atoms with E-state index in [0.717, 1.165) is 35.1 Å². The van der Waals surface area contributed by atoms with Crippen molar-refractivity contribution >= 4 is 43.3 Å². The van der Waals surface area contributed by atoms with Gasteiger partial charge in [-0.15, -0.1) is 0 Å². The van der Waals surface area contributed by atoms with E-state index in [0.29, 0.717) is 60.1 Å². The van der Waals surface area contributed by atoms with Crippen molar-refractivity contribution in [2.24, 2.45) is 0 Å². The van der Waals surface area contributed by atoms with Crippen molar-refractivity contribution in [3.8, 4) is 16.9 Å². The minimum atomic E-state index is -1.97. The topological polar surface area (TPSA) is 102 Å². The highest BCUT2D eigenvalue weighted by molar-refractivity contribution is 6.74. The standard InChI is InChI=1S/C39H50ClN3O6Si/c1-39(2,3)50(6,7)47-23-26-19-29(40)31(22-34(26)46-5)41-35(44)15-11-12-24-16-17-30(28(18-24)25-13-9-8-10-14-25)42-38(45)48-27-20-32-36-37(49-36)33(21-27)43(32)4/h8-10,13-14,16-19,22,27,32-33,36-37H,11-12,15,20-21,23H2,1-7H3,(H,41,44)(H,42,45)/t27-,32-,33+,36-,37+. The summed E-state index contributed by atoms with van der Waals surface area (Å²) in [6, 6.07) is 20.2. The number of benzene rings is 3. The number of anilines is 2. The molecule has 3 aromatic carbocycles. The van der Waals surface area contributed by atoms with Crippen molar-refractivity contribution in [3.05, 3.63) is 76.8 Å². The molecule has 2 amide bonds. The Kier molecular flexibility index (Phi) is 10.7. The predicted molar refractivity (Wildman–Crippen MR) is 201 cm³/mol. The lowest BCUT2D eigenvalue weighted by atomic mass is 9.98. The lowest BCUT2D eigenvalue weighted by Gasteiger charge is -2.37. The fraction of sp³-hybridized carbons (Fsp3) is 0.487. The van der Waals surface area contributed by atoms with E-state index in [1.807, 2.05) is 48.5 Å². The van der Waals surface area contributed by atoms with Crippen molar-refractivity contribution in [1.29, 1.82) is 0 Å². The number of rotatable bonds is 12. The maximum absolute atomic E-state index is 13.1. The molecule has 0 spiro atoms. The lowest BCUT2D eigenvalue weighted by Crippen LogP contribution is -2.48. The van der Waals surface area contributed by atoms with Gasteiger partial charge in [0.1, 0.15) is 24.1 Å². The molecule has 0 aromatic heterocycles. The van der Waals surface area contributed by atoms with E-state index in [2.05, 4.69) is 62.5 Å². The van der Waals surface area contributed by atoms with Gasteiger partial charge in [-0.05, 0) is 67.3 Å². The van der Waals surface area contributed by atoms with Gasteiger partial charge in [-0.25, -0.2) is 4.79 Å². The van der Waals surface area contributed by atoms with Gasteiger partial charge in [-0.2, -0.15) is 0 Å². The number of methoxy groups -OCH3 is 1. The number of nitrogens with one attached hydrogen (secondary N) is 2. The third-order valence-corrected chi connectivity index (χ3v) is 15.8. The van der Waals surface area contributed by atoms with E-state index in [4.69, 9.17) is 30.2 Å². The van der Waals surface area contributed by atoms with Crippen molar-refractivity contribution in [2.75, 3.05) is 24.8 Å². The third-order valence-electron chi connectivity index (χ3n) is 11.0. The zero-order chi connectivity index (χ0) is 35.8. The van der Waals surface area contributed by atoms with E-state index in [9.17, 15) is 9.59 Å². The first kappa shape index (κ1) is 36.4. The molecule has 11 heteroatoms. The Morgan fingerprint density at radius 3 is 2.34 bits per heavy atom. The highest BCUT2D eigenvalue weighted by Crippen LogP contribution is 2.48. The number of morpholine rings is 1. The van der Waals surface area contributed by atoms with Gasteiger partial charge in [0.2, 0.25) is 5.91 Å². The zero-order valence-electron chi connectivity index (χ0n) is 30.2. The van der Waals surface area contributed by atoms with Crippen LogP contribution in [0.5, 0.6) is 5.75 Å². The van der Waals surface area contributed by atoms with Crippen LogP contribution in [-0.4, -0.2) is 69.8 Å². The minimum absolute atomic E-state index is 0.0801. The molecule has 3 aliphatic rings. The average molecular weight is 720 g/mol. The summed E-state index contributed by atoms with van der Waals surface area (Å²) in [6.45, 7) is 11.4. The van der Waals surface area contributed by atoms with Crippen LogP contribution in [-0.2, 0) is 31.7 Å². The van der Waals surface area contributed by atoms with Crippen LogP contribution in [0.4, 0.5) is 16.2 Å². The summed E-state index contributed by atoms with van der Waals surface area (Å²) in [6.07, 6.45) is 3.21. The van der Waals surface area contributed by atoms with Gasteiger partial charge in [-0.1, -0.05) is 68.8 Å². The number of ether oxygens (including phenoxy) is 3. The van der Waals surface area contributed by atoms with Gasteiger partial charge in [0, 0.05) is 48.5 Å². The number of fused-ring (bicyclic) bond motifs is 5. The number of likely N-dealkylation sites (N-methyl/N-ethyl adjacent to an activating group) is 1. The Balaban J connectivity index is 1.05. The molecule has 3 fully saturated rings. The summed E-state index contributed by atoms with van der Waals surface area (Å²) in [5.41, 5.74) is 4.99. The molecule has 6 rings (SSSR count). The van der Waals surface area contributed by atoms with Gasteiger partial charge in [0.05, 0.1) is 30.1 Å². The fourth-order valence-corrected chi connectivity index (χ4v) is 8.12. The normalized spacial score (nSPS) is 22.8. The molecule has 0 saturated carbocycles. The molecular formula is C39H50ClN3O6Si. The summed E-state index contributed by atoms with van der Waals surface area (Å²) in [4.78, 5) is 28.5. The zero-order valence-corrected chi connectivity index (χ0v) is 31.9. The first-order chi connectivity index (χ1) is 23.7. The second-order valence-electron chi connectivity index (χ2n) is 15.3. The van der Waals surface area contributed by atoms with Crippen LogP contribution >= 0.6 is 11.6 Å². The first-order valence-corrected chi connectivity index (χ1v) is 20.9. The number of hydrogen-bond acceptors (Lipinski definition) is 7. The number of nitrogens with zero attached hydrogens (tertiary/aromatic N) is 1. The number of carbonyl (C=O) groups excluding carboxylic acids is 2. The number of aryl methyl sites for hydroxylation is 1. The Morgan fingerprint density at radius 2 is 1.68 bits per heavy atom. The van der Waals surface area contributed by atoms with Gasteiger partial charge in [0.25, 0.3) is 0 Å². The molecule has 0 radical (unpaired) electrons. The van der Waals surface area contributed by atoms with Gasteiger partial charge in [-0.3, -0.25) is 15.0 Å². The van der Waals surface area contributed by atoms with Crippen molar-refractivity contribution in [2.45, 2.75) is 108 Å². The van der Waals surface area contributed by atoms with Crippen LogP contribution in [0.1, 0.15) is 57.6 Å². The van der Waals surface area contributed by atoms with Gasteiger partial charge >= 0.3 is 6.09 Å². The maximum atomic E-state index is 13.1. The minimum Gasteiger partial charge on any atom is -0.496 e. The number of epoxide rings is 1. The molecule has 3 aromatic rings. The third kappa shape index (κ3) is 8.05. The van der Waals surface area contributed by atoms with Crippen LogP contribution in [0.15, 0.2) is 60.7 Å². The molecule has 3 aliphatic heterocycles. The molecule has 5 atom stereocenters.